The molecule has 0 aliphatic heterocycles. The van der Waals surface area contributed by atoms with Crippen molar-refractivity contribution in [1.82, 2.24) is 0 Å². The van der Waals surface area contributed by atoms with Crippen LogP contribution in [-0.4, -0.2) is 28.8 Å². The van der Waals surface area contributed by atoms with Gasteiger partial charge in [-0.3, -0.25) is 10.5 Å². The molecule has 15 heavy (non-hydrogen) atoms. The lowest BCUT2D eigenvalue weighted by molar-refractivity contribution is -0.180. The Hall–Kier alpha value is -1.14. The second-order valence-electron chi connectivity index (χ2n) is 4.00. The van der Waals surface area contributed by atoms with E-state index in [2.05, 4.69) is 4.74 Å². The van der Waals surface area contributed by atoms with Crippen LogP contribution >= 0.6 is 0 Å². The molecule has 0 unspecified atom stereocenters. The van der Waals surface area contributed by atoms with Crippen molar-refractivity contribution in [2.24, 2.45) is 17.4 Å². The molecule has 0 heterocycles. The Morgan fingerprint density at radius 3 is 2.13 bits per heavy atom. The zero-order chi connectivity index (χ0) is 12.2. The molecule has 0 aromatic heterocycles. The SMILES string of the molecule is CC(C)C[C@](N)(OC(=O)[C@@H](C)N)C(=O)O. The molecule has 2 atom stereocenters. The first-order valence-electron chi connectivity index (χ1n) is 4.69. The van der Waals surface area contributed by atoms with Crippen molar-refractivity contribution < 1.29 is 19.4 Å². The average Bonchev–Trinajstić information content (AvgIpc) is 2.01. The number of hydrogen-bond acceptors (Lipinski definition) is 5. The molecule has 0 aromatic rings. The first-order chi connectivity index (χ1) is 6.69. The van der Waals surface area contributed by atoms with Crippen LogP contribution in [0.15, 0.2) is 0 Å². The number of carbonyl (C=O) groups is 2. The number of carbonyl (C=O) groups excluding carboxylic acids is 1. The Morgan fingerprint density at radius 2 is 1.87 bits per heavy atom. The second-order valence-corrected chi connectivity index (χ2v) is 4.00. The Balaban J connectivity index is 4.66. The summed E-state index contributed by atoms with van der Waals surface area (Å²) in [4.78, 5) is 22.0. The van der Waals surface area contributed by atoms with Crippen molar-refractivity contribution in [3.05, 3.63) is 0 Å². The van der Waals surface area contributed by atoms with Crippen LogP contribution < -0.4 is 11.5 Å². The highest BCUT2D eigenvalue weighted by Gasteiger charge is 2.39. The Labute approximate surface area is 88.6 Å². The van der Waals surface area contributed by atoms with E-state index in [1.807, 2.05) is 0 Å². The summed E-state index contributed by atoms with van der Waals surface area (Å²) in [6.07, 6.45) is 0.0425. The molecule has 0 aliphatic rings. The summed E-state index contributed by atoms with van der Waals surface area (Å²) in [5, 5.41) is 8.87. The quantitative estimate of drug-likeness (QED) is 0.429. The summed E-state index contributed by atoms with van der Waals surface area (Å²) in [5.74, 6) is -2.20. The Kier molecular flexibility index (Phi) is 4.70. The molecule has 6 heteroatoms. The van der Waals surface area contributed by atoms with Crippen LogP contribution in [0.2, 0.25) is 0 Å². The normalized spacial score (nSPS) is 16.9. The van der Waals surface area contributed by atoms with Gasteiger partial charge in [0.1, 0.15) is 6.04 Å². The number of ether oxygens (including phenoxy) is 1. The molecular weight excluding hydrogens is 200 g/mol. The fraction of sp³-hybridized carbons (Fsp3) is 0.778. The standard InChI is InChI=1S/C9H18N2O4/c1-5(2)4-9(11,8(13)14)15-7(12)6(3)10/h5-6H,4,10-11H2,1-3H3,(H,13,14)/t6-,9+/m1/s1. The van der Waals surface area contributed by atoms with Gasteiger partial charge in [0.05, 0.1) is 0 Å². The zero-order valence-electron chi connectivity index (χ0n) is 9.19. The van der Waals surface area contributed by atoms with Crippen LogP contribution in [0.4, 0.5) is 0 Å². The minimum atomic E-state index is -1.99. The van der Waals surface area contributed by atoms with E-state index in [4.69, 9.17) is 16.6 Å². The number of esters is 1. The average molecular weight is 218 g/mol. The Bertz CT molecular complexity index is 252. The van der Waals surface area contributed by atoms with Crippen LogP contribution in [0.25, 0.3) is 0 Å². The van der Waals surface area contributed by atoms with E-state index in [-0.39, 0.29) is 12.3 Å². The van der Waals surface area contributed by atoms with E-state index in [1.54, 1.807) is 13.8 Å². The van der Waals surface area contributed by atoms with Gasteiger partial charge in [0, 0.05) is 6.42 Å². The summed E-state index contributed by atoms with van der Waals surface area (Å²) in [5.41, 5.74) is 8.75. The summed E-state index contributed by atoms with van der Waals surface area (Å²) >= 11 is 0. The molecule has 0 radical (unpaired) electrons. The highest BCUT2D eigenvalue weighted by atomic mass is 16.6. The lowest BCUT2D eigenvalue weighted by Gasteiger charge is -2.27. The van der Waals surface area contributed by atoms with Crippen LogP contribution in [0.1, 0.15) is 27.2 Å². The maximum Gasteiger partial charge on any atom is 0.363 e. The molecule has 0 rings (SSSR count). The van der Waals surface area contributed by atoms with Crippen molar-refractivity contribution >= 4 is 11.9 Å². The molecule has 0 saturated carbocycles. The first kappa shape index (κ1) is 13.9. The smallest absolute Gasteiger partial charge is 0.363 e. The van der Waals surface area contributed by atoms with Gasteiger partial charge in [-0.25, -0.2) is 4.79 Å². The topological polar surface area (TPSA) is 116 Å². The van der Waals surface area contributed by atoms with Crippen molar-refractivity contribution in [1.29, 1.82) is 0 Å². The van der Waals surface area contributed by atoms with Gasteiger partial charge >= 0.3 is 11.9 Å². The number of carboxylic acid groups (broad SMARTS) is 1. The summed E-state index contributed by atoms with van der Waals surface area (Å²) in [6.45, 7) is 4.97. The largest absolute Gasteiger partial charge is 0.477 e. The number of carboxylic acids is 1. The molecule has 0 bridgehead atoms. The minimum absolute atomic E-state index is 0.00743. The van der Waals surface area contributed by atoms with Crippen molar-refractivity contribution in [3.8, 4) is 0 Å². The summed E-state index contributed by atoms with van der Waals surface area (Å²) in [7, 11) is 0. The van der Waals surface area contributed by atoms with Gasteiger partial charge in [-0.1, -0.05) is 13.8 Å². The van der Waals surface area contributed by atoms with Crippen LogP contribution in [0, 0.1) is 5.92 Å². The highest BCUT2D eigenvalue weighted by Crippen LogP contribution is 2.16. The van der Waals surface area contributed by atoms with Gasteiger partial charge in [0.2, 0.25) is 0 Å². The zero-order valence-corrected chi connectivity index (χ0v) is 9.19. The van der Waals surface area contributed by atoms with E-state index < -0.39 is 23.7 Å². The van der Waals surface area contributed by atoms with Crippen molar-refractivity contribution in [2.75, 3.05) is 0 Å². The minimum Gasteiger partial charge on any atom is -0.477 e. The maximum absolute atomic E-state index is 11.2. The van der Waals surface area contributed by atoms with Crippen molar-refractivity contribution in [3.63, 3.8) is 0 Å². The van der Waals surface area contributed by atoms with Gasteiger partial charge in [-0.15, -0.1) is 0 Å². The molecule has 0 spiro atoms. The Morgan fingerprint density at radius 1 is 1.40 bits per heavy atom. The van der Waals surface area contributed by atoms with E-state index in [9.17, 15) is 9.59 Å². The van der Waals surface area contributed by atoms with Gasteiger partial charge in [0.15, 0.2) is 0 Å². The first-order valence-corrected chi connectivity index (χ1v) is 4.69. The molecule has 0 amide bonds. The number of hydrogen-bond donors (Lipinski definition) is 3. The van der Waals surface area contributed by atoms with E-state index in [0.29, 0.717) is 0 Å². The molecule has 0 fully saturated rings. The van der Waals surface area contributed by atoms with E-state index in [1.165, 1.54) is 6.92 Å². The van der Waals surface area contributed by atoms with Gasteiger partial charge in [-0.2, -0.15) is 0 Å². The number of nitrogens with two attached hydrogens (primary N) is 2. The van der Waals surface area contributed by atoms with Gasteiger partial charge < -0.3 is 15.6 Å². The van der Waals surface area contributed by atoms with Crippen LogP contribution in [0.5, 0.6) is 0 Å². The molecule has 5 N–H and O–H groups in total. The fourth-order valence-electron chi connectivity index (χ4n) is 1.05. The third-order valence-corrected chi connectivity index (χ3v) is 1.73. The third-order valence-electron chi connectivity index (χ3n) is 1.73. The van der Waals surface area contributed by atoms with Gasteiger partial charge in [-0.05, 0) is 12.8 Å². The third kappa shape index (κ3) is 4.26. The van der Waals surface area contributed by atoms with Crippen molar-refractivity contribution in [2.45, 2.75) is 39.0 Å². The molecular formula is C9H18N2O4. The molecule has 88 valence electrons. The summed E-state index contributed by atoms with van der Waals surface area (Å²) in [6, 6.07) is -0.889. The lowest BCUT2D eigenvalue weighted by atomic mass is 10.0. The predicted molar refractivity (Wildman–Crippen MR) is 53.8 cm³/mol. The lowest BCUT2D eigenvalue weighted by Crippen LogP contribution is -2.54. The molecule has 0 aromatic carbocycles. The molecule has 0 saturated heterocycles. The maximum atomic E-state index is 11.2. The van der Waals surface area contributed by atoms with Gasteiger partial charge in [0.25, 0.3) is 5.72 Å². The fourth-order valence-corrected chi connectivity index (χ4v) is 1.05. The second kappa shape index (κ2) is 5.09. The molecule has 0 aliphatic carbocycles. The monoisotopic (exact) mass is 218 g/mol. The van der Waals surface area contributed by atoms with Crippen LogP contribution in [0.3, 0.4) is 0 Å². The summed E-state index contributed by atoms with van der Waals surface area (Å²) < 4.78 is 4.69. The molecule has 6 nitrogen and oxygen atoms in total. The van der Waals surface area contributed by atoms with E-state index in [0.717, 1.165) is 0 Å². The van der Waals surface area contributed by atoms with Crippen LogP contribution in [-0.2, 0) is 14.3 Å². The van der Waals surface area contributed by atoms with E-state index >= 15 is 0 Å². The predicted octanol–water partition coefficient (Wildman–Crippen LogP) is -0.337. The number of rotatable bonds is 5. The number of aliphatic carboxylic acids is 1. The highest BCUT2D eigenvalue weighted by molar-refractivity contribution is 5.83.